The van der Waals surface area contributed by atoms with Gasteiger partial charge in [-0.1, -0.05) is 6.07 Å². The van der Waals surface area contributed by atoms with Crippen molar-refractivity contribution in [3.05, 3.63) is 41.0 Å². The van der Waals surface area contributed by atoms with E-state index in [0.717, 1.165) is 11.3 Å². The smallest absolute Gasteiger partial charge is 0.250 e. The van der Waals surface area contributed by atoms with Gasteiger partial charge in [0.25, 0.3) is 5.89 Å². The molecule has 1 aliphatic rings. The standard InChI is InChI=1S/C18H20N4O5S/c1-10-16(18-21-20-12(3)27-18)17(11(2)22(10)4)28(23,24)19-8-13-5-6-14-15(7-13)26-9-25-14/h5-7,19H,8-9H2,1-4H3. The first-order valence-electron chi connectivity index (χ1n) is 8.62. The molecule has 0 atom stereocenters. The largest absolute Gasteiger partial charge is 0.454 e. The number of nitrogens with zero attached hydrogens (tertiary/aromatic N) is 3. The number of hydrogen-bond acceptors (Lipinski definition) is 7. The van der Waals surface area contributed by atoms with Gasteiger partial charge in [0.15, 0.2) is 11.5 Å². The summed E-state index contributed by atoms with van der Waals surface area (Å²) < 4.78 is 46.9. The predicted molar refractivity (Wildman–Crippen MR) is 99.5 cm³/mol. The Bertz CT molecular complexity index is 1160. The van der Waals surface area contributed by atoms with E-state index in [2.05, 4.69) is 14.9 Å². The highest BCUT2D eigenvalue weighted by atomic mass is 32.2. The zero-order valence-corrected chi connectivity index (χ0v) is 16.8. The molecule has 1 N–H and O–H groups in total. The van der Waals surface area contributed by atoms with Gasteiger partial charge in [-0.15, -0.1) is 10.2 Å². The van der Waals surface area contributed by atoms with E-state index in [1.165, 1.54) is 0 Å². The van der Waals surface area contributed by atoms with Gasteiger partial charge in [-0.2, -0.15) is 0 Å². The third-order valence-corrected chi connectivity index (χ3v) is 6.40. The fourth-order valence-electron chi connectivity index (χ4n) is 3.20. The van der Waals surface area contributed by atoms with Gasteiger partial charge < -0.3 is 18.5 Å². The number of aromatic nitrogens is 3. The predicted octanol–water partition coefficient (Wildman–Crippen LogP) is 2.21. The van der Waals surface area contributed by atoms with Crippen LogP contribution in [0.5, 0.6) is 11.5 Å². The second kappa shape index (κ2) is 6.64. The number of aryl methyl sites for hydroxylation is 1. The van der Waals surface area contributed by atoms with Crippen LogP contribution < -0.4 is 14.2 Å². The lowest BCUT2D eigenvalue weighted by atomic mass is 10.2. The molecule has 2 aromatic heterocycles. The van der Waals surface area contributed by atoms with Crippen molar-refractivity contribution >= 4 is 10.0 Å². The number of ether oxygens (including phenoxy) is 2. The number of nitrogens with one attached hydrogen (secondary N) is 1. The molecule has 0 aliphatic carbocycles. The first-order valence-corrected chi connectivity index (χ1v) is 10.1. The summed E-state index contributed by atoms with van der Waals surface area (Å²) in [4.78, 5) is 0.136. The summed E-state index contributed by atoms with van der Waals surface area (Å²) in [5, 5.41) is 7.84. The van der Waals surface area contributed by atoms with Crippen molar-refractivity contribution in [3.63, 3.8) is 0 Å². The summed E-state index contributed by atoms with van der Waals surface area (Å²) in [6.07, 6.45) is 0. The highest BCUT2D eigenvalue weighted by Gasteiger charge is 2.30. The third kappa shape index (κ3) is 3.04. The van der Waals surface area contributed by atoms with E-state index in [9.17, 15) is 8.42 Å². The van der Waals surface area contributed by atoms with Gasteiger partial charge in [0, 0.05) is 31.9 Å². The molecule has 0 saturated carbocycles. The zero-order valence-electron chi connectivity index (χ0n) is 15.9. The van der Waals surface area contributed by atoms with Crippen LogP contribution in [0.2, 0.25) is 0 Å². The fraction of sp³-hybridized carbons (Fsp3) is 0.333. The van der Waals surface area contributed by atoms with Gasteiger partial charge in [-0.3, -0.25) is 0 Å². The van der Waals surface area contributed by atoms with Gasteiger partial charge >= 0.3 is 0 Å². The molecule has 3 aromatic rings. The van der Waals surface area contributed by atoms with E-state index >= 15 is 0 Å². The Balaban J connectivity index is 1.68. The summed E-state index contributed by atoms with van der Waals surface area (Å²) in [5.41, 5.74) is 2.48. The monoisotopic (exact) mass is 404 g/mol. The molecule has 9 nitrogen and oxygen atoms in total. The zero-order chi connectivity index (χ0) is 20.1. The molecule has 0 spiro atoms. The molecule has 1 aliphatic heterocycles. The van der Waals surface area contributed by atoms with E-state index in [1.54, 1.807) is 43.7 Å². The fourth-order valence-corrected chi connectivity index (χ4v) is 4.73. The molecule has 0 radical (unpaired) electrons. The molecule has 0 amide bonds. The second-order valence-corrected chi connectivity index (χ2v) is 8.28. The van der Waals surface area contributed by atoms with E-state index < -0.39 is 10.0 Å². The minimum Gasteiger partial charge on any atom is -0.454 e. The van der Waals surface area contributed by atoms with Crippen molar-refractivity contribution in [1.82, 2.24) is 19.5 Å². The first kappa shape index (κ1) is 18.5. The quantitative estimate of drug-likeness (QED) is 0.694. The van der Waals surface area contributed by atoms with Crippen molar-refractivity contribution < 1.29 is 22.3 Å². The topological polar surface area (TPSA) is 108 Å². The molecular weight excluding hydrogens is 384 g/mol. The molecule has 0 saturated heterocycles. The Kier molecular flexibility index (Phi) is 4.39. The highest BCUT2D eigenvalue weighted by Crippen LogP contribution is 2.35. The van der Waals surface area contributed by atoms with Crippen molar-refractivity contribution in [2.45, 2.75) is 32.2 Å². The van der Waals surface area contributed by atoms with Crippen LogP contribution in [0.4, 0.5) is 0 Å². The van der Waals surface area contributed by atoms with E-state index in [-0.39, 0.29) is 24.1 Å². The SMILES string of the molecule is Cc1nnc(-c2c(S(=O)(=O)NCc3ccc4c(c3)OCO4)c(C)n(C)c2C)o1. The van der Waals surface area contributed by atoms with Crippen LogP contribution in [0.1, 0.15) is 22.8 Å². The second-order valence-electron chi connectivity index (χ2n) is 6.57. The lowest BCUT2D eigenvalue weighted by Gasteiger charge is -2.09. The minimum absolute atomic E-state index is 0.106. The number of sulfonamides is 1. The number of hydrogen-bond donors (Lipinski definition) is 1. The summed E-state index contributed by atoms with van der Waals surface area (Å²) >= 11 is 0. The molecule has 0 unspecified atom stereocenters. The van der Waals surface area contributed by atoms with Gasteiger partial charge in [0.1, 0.15) is 4.90 Å². The van der Waals surface area contributed by atoms with Crippen molar-refractivity contribution in [3.8, 4) is 23.0 Å². The Morgan fingerprint density at radius 3 is 2.57 bits per heavy atom. The van der Waals surface area contributed by atoms with E-state index in [4.69, 9.17) is 13.9 Å². The molecule has 0 bridgehead atoms. The van der Waals surface area contributed by atoms with E-state index in [0.29, 0.717) is 28.6 Å². The molecule has 1 aromatic carbocycles. The average molecular weight is 404 g/mol. The number of fused-ring (bicyclic) bond motifs is 1. The Morgan fingerprint density at radius 1 is 1.11 bits per heavy atom. The molecule has 10 heteroatoms. The molecule has 148 valence electrons. The Morgan fingerprint density at radius 2 is 1.86 bits per heavy atom. The maximum atomic E-state index is 13.2. The van der Waals surface area contributed by atoms with Crippen LogP contribution in [0.3, 0.4) is 0 Å². The van der Waals surface area contributed by atoms with Gasteiger partial charge in [-0.25, -0.2) is 13.1 Å². The third-order valence-electron chi connectivity index (χ3n) is 4.84. The Hall–Kier alpha value is -2.85. The van der Waals surface area contributed by atoms with Crippen LogP contribution in [0.15, 0.2) is 27.5 Å². The molecular formula is C18H20N4O5S. The lowest BCUT2D eigenvalue weighted by Crippen LogP contribution is -2.24. The van der Waals surface area contributed by atoms with Crippen molar-refractivity contribution in [2.75, 3.05) is 6.79 Å². The maximum Gasteiger partial charge on any atom is 0.250 e. The number of benzene rings is 1. The van der Waals surface area contributed by atoms with Crippen LogP contribution >= 0.6 is 0 Å². The summed E-state index contributed by atoms with van der Waals surface area (Å²) in [7, 11) is -2.05. The van der Waals surface area contributed by atoms with Gasteiger partial charge in [0.2, 0.25) is 22.7 Å². The van der Waals surface area contributed by atoms with Crippen molar-refractivity contribution in [2.24, 2.45) is 7.05 Å². The van der Waals surface area contributed by atoms with Gasteiger partial charge in [-0.05, 0) is 31.5 Å². The highest BCUT2D eigenvalue weighted by molar-refractivity contribution is 7.89. The molecule has 3 heterocycles. The van der Waals surface area contributed by atoms with Crippen LogP contribution in [0.25, 0.3) is 11.5 Å². The maximum absolute atomic E-state index is 13.2. The summed E-state index contributed by atoms with van der Waals surface area (Å²) in [6.45, 7) is 5.50. The molecule has 28 heavy (non-hydrogen) atoms. The summed E-state index contributed by atoms with van der Waals surface area (Å²) in [6, 6.07) is 5.31. The van der Waals surface area contributed by atoms with Crippen LogP contribution in [-0.4, -0.2) is 30.0 Å². The molecule has 4 rings (SSSR count). The molecule has 0 fully saturated rings. The number of rotatable bonds is 5. The Labute approximate surface area is 162 Å². The van der Waals surface area contributed by atoms with Crippen LogP contribution in [-0.2, 0) is 23.6 Å². The lowest BCUT2D eigenvalue weighted by molar-refractivity contribution is 0.174. The normalized spacial score (nSPS) is 13.3. The average Bonchev–Trinajstić information content (AvgIpc) is 3.35. The van der Waals surface area contributed by atoms with Gasteiger partial charge in [0.05, 0.1) is 5.56 Å². The minimum atomic E-state index is -3.85. The van der Waals surface area contributed by atoms with E-state index in [1.807, 2.05) is 6.92 Å². The summed E-state index contributed by atoms with van der Waals surface area (Å²) in [5.74, 6) is 1.80. The van der Waals surface area contributed by atoms with Crippen molar-refractivity contribution in [1.29, 1.82) is 0 Å². The first-order chi connectivity index (χ1) is 13.3. The van der Waals surface area contributed by atoms with Crippen LogP contribution in [0, 0.1) is 20.8 Å².